The number of anilines is 1. The fraction of sp³-hybridized carbons (Fsp3) is 0.643. The van der Waals surface area contributed by atoms with E-state index in [0.29, 0.717) is 12.5 Å². The molecule has 5 heteroatoms. The Kier molecular flexibility index (Phi) is 3.73. The Bertz CT molecular complexity index is 474. The largest absolute Gasteiger partial charge is 0.481 e. The number of piperidine rings is 1. The molecule has 104 valence electrons. The van der Waals surface area contributed by atoms with Gasteiger partial charge in [-0.05, 0) is 45.6 Å². The third-order valence-electron chi connectivity index (χ3n) is 4.06. The van der Waals surface area contributed by atoms with E-state index in [1.54, 1.807) is 20.0 Å². The number of aryl methyl sites for hydroxylation is 1. The van der Waals surface area contributed by atoms with Crippen molar-refractivity contribution in [2.45, 2.75) is 33.6 Å². The summed E-state index contributed by atoms with van der Waals surface area (Å²) in [6.07, 6.45) is 3.68. The van der Waals surface area contributed by atoms with Crippen molar-refractivity contribution < 1.29 is 9.90 Å². The molecule has 1 N–H and O–H groups in total. The van der Waals surface area contributed by atoms with Gasteiger partial charge in [0.25, 0.3) is 0 Å². The molecule has 1 saturated heterocycles. The maximum absolute atomic E-state index is 11.4. The minimum Gasteiger partial charge on any atom is -0.481 e. The molecule has 5 nitrogen and oxygen atoms in total. The van der Waals surface area contributed by atoms with Crippen LogP contribution in [0.15, 0.2) is 12.3 Å². The highest BCUT2D eigenvalue weighted by Crippen LogP contribution is 2.34. The summed E-state index contributed by atoms with van der Waals surface area (Å²) in [7, 11) is 0. The first-order valence-corrected chi connectivity index (χ1v) is 6.69. The van der Waals surface area contributed by atoms with Crippen LogP contribution in [0.3, 0.4) is 0 Å². The lowest BCUT2D eigenvalue weighted by atomic mass is 9.74. The second kappa shape index (κ2) is 5.15. The van der Waals surface area contributed by atoms with E-state index in [1.807, 2.05) is 13.0 Å². The molecule has 1 aliphatic rings. The van der Waals surface area contributed by atoms with Crippen molar-refractivity contribution in [2.75, 3.05) is 18.0 Å². The Balaban J connectivity index is 2.16. The Morgan fingerprint density at radius 1 is 1.53 bits per heavy atom. The van der Waals surface area contributed by atoms with E-state index in [1.165, 1.54) is 0 Å². The minimum atomic E-state index is -0.732. The summed E-state index contributed by atoms with van der Waals surface area (Å²) in [4.78, 5) is 22.2. The fourth-order valence-corrected chi connectivity index (χ4v) is 2.51. The summed E-state index contributed by atoms with van der Waals surface area (Å²) >= 11 is 0. The predicted octanol–water partition coefficient (Wildman–Crippen LogP) is 2.11. The zero-order valence-electron chi connectivity index (χ0n) is 11.8. The molecule has 1 aromatic rings. The van der Waals surface area contributed by atoms with E-state index in [2.05, 4.69) is 14.9 Å². The smallest absolute Gasteiger partial charge is 0.309 e. The molecule has 0 radical (unpaired) electrons. The van der Waals surface area contributed by atoms with Crippen molar-refractivity contribution in [3.05, 3.63) is 18.0 Å². The van der Waals surface area contributed by atoms with Gasteiger partial charge < -0.3 is 10.0 Å². The Morgan fingerprint density at radius 3 is 2.89 bits per heavy atom. The number of hydrogen-bond donors (Lipinski definition) is 1. The number of rotatable bonds is 3. The average molecular weight is 263 g/mol. The van der Waals surface area contributed by atoms with Gasteiger partial charge in [-0.3, -0.25) is 4.79 Å². The number of carbonyl (C=O) groups is 1. The lowest BCUT2D eigenvalue weighted by Crippen LogP contribution is -2.45. The number of carboxylic acids is 1. The molecule has 1 aliphatic heterocycles. The molecule has 0 amide bonds. The molecule has 2 rings (SSSR count). The third kappa shape index (κ3) is 2.85. The van der Waals surface area contributed by atoms with Gasteiger partial charge in [0, 0.05) is 25.0 Å². The first-order chi connectivity index (χ1) is 8.91. The van der Waals surface area contributed by atoms with Gasteiger partial charge in [-0.1, -0.05) is 0 Å². The van der Waals surface area contributed by atoms with Gasteiger partial charge >= 0.3 is 5.97 Å². The SMILES string of the molecule is Cc1ccnc(N2CCCC(C(C)(C)C(=O)O)C2)n1. The van der Waals surface area contributed by atoms with Gasteiger partial charge in [-0.2, -0.15) is 0 Å². The summed E-state index contributed by atoms with van der Waals surface area (Å²) in [6.45, 7) is 7.16. The number of aliphatic carboxylic acids is 1. The van der Waals surface area contributed by atoms with Crippen molar-refractivity contribution in [3.8, 4) is 0 Å². The van der Waals surface area contributed by atoms with Gasteiger partial charge in [0.1, 0.15) is 0 Å². The highest BCUT2D eigenvalue weighted by atomic mass is 16.4. The van der Waals surface area contributed by atoms with Crippen LogP contribution in [0.2, 0.25) is 0 Å². The van der Waals surface area contributed by atoms with Crippen molar-refractivity contribution in [2.24, 2.45) is 11.3 Å². The van der Waals surface area contributed by atoms with Gasteiger partial charge in [0.05, 0.1) is 5.41 Å². The number of nitrogens with zero attached hydrogens (tertiary/aromatic N) is 3. The third-order valence-corrected chi connectivity index (χ3v) is 4.06. The van der Waals surface area contributed by atoms with E-state index < -0.39 is 11.4 Å². The Labute approximate surface area is 113 Å². The standard InChI is InChI=1S/C14H21N3O2/c1-10-6-7-15-13(16-10)17-8-4-5-11(9-17)14(2,3)12(18)19/h6-7,11H,4-5,8-9H2,1-3H3,(H,18,19). The van der Waals surface area contributed by atoms with Crippen LogP contribution in [0.25, 0.3) is 0 Å². The van der Waals surface area contributed by atoms with Gasteiger partial charge in [-0.15, -0.1) is 0 Å². The van der Waals surface area contributed by atoms with Crippen molar-refractivity contribution in [1.29, 1.82) is 0 Å². The number of aromatic nitrogens is 2. The van der Waals surface area contributed by atoms with E-state index in [-0.39, 0.29) is 5.92 Å². The number of carboxylic acid groups (broad SMARTS) is 1. The molecule has 0 spiro atoms. The fourth-order valence-electron chi connectivity index (χ4n) is 2.51. The van der Waals surface area contributed by atoms with Gasteiger partial charge in [-0.25, -0.2) is 9.97 Å². The minimum absolute atomic E-state index is 0.128. The summed E-state index contributed by atoms with van der Waals surface area (Å²) in [5.41, 5.74) is 0.229. The molecular formula is C14H21N3O2. The zero-order chi connectivity index (χ0) is 14.0. The monoisotopic (exact) mass is 263 g/mol. The second-order valence-electron chi connectivity index (χ2n) is 5.81. The van der Waals surface area contributed by atoms with Crippen LogP contribution >= 0.6 is 0 Å². The van der Waals surface area contributed by atoms with Crippen molar-refractivity contribution in [1.82, 2.24) is 9.97 Å². The first-order valence-electron chi connectivity index (χ1n) is 6.69. The lowest BCUT2D eigenvalue weighted by molar-refractivity contribution is -0.150. The van der Waals surface area contributed by atoms with Gasteiger partial charge in [0.2, 0.25) is 5.95 Å². The predicted molar refractivity (Wildman–Crippen MR) is 73.1 cm³/mol. The Morgan fingerprint density at radius 2 is 2.26 bits per heavy atom. The van der Waals surface area contributed by atoms with Crippen LogP contribution in [0.5, 0.6) is 0 Å². The van der Waals surface area contributed by atoms with Crippen LogP contribution < -0.4 is 4.90 Å². The molecule has 1 unspecified atom stereocenters. The van der Waals surface area contributed by atoms with Crippen molar-refractivity contribution in [3.63, 3.8) is 0 Å². The highest BCUT2D eigenvalue weighted by molar-refractivity contribution is 5.74. The van der Waals surface area contributed by atoms with Crippen LogP contribution in [0.1, 0.15) is 32.4 Å². The quantitative estimate of drug-likeness (QED) is 0.904. The van der Waals surface area contributed by atoms with Crippen LogP contribution in [-0.4, -0.2) is 34.1 Å². The van der Waals surface area contributed by atoms with E-state index in [0.717, 1.165) is 25.1 Å². The van der Waals surface area contributed by atoms with Crippen LogP contribution in [0, 0.1) is 18.3 Å². The summed E-state index contributed by atoms with van der Waals surface area (Å²) in [6, 6.07) is 1.87. The molecule has 1 aromatic heterocycles. The summed E-state index contributed by atoms with van der Waals surface area (Å²) in [5.74, 6) is 0.110. The first kappa shape index (κ1) is 13.8. The molecule has 1 atom stereocenters. The zero-order valence-corrected chi connectivity index (χ0v) is 11.8. The molecule has 2 heterocycles. The molecule has 0 saturated carbocycles. The molecule has 0 bridgehead atoms. The highest BCUT2D eigenvalue weighted by Gasteiger charge is 2.39. The van der Waals surface area contributed by atoms with Gasteiger partial charge in [0.15, 0.2) is 0 Å². The van der Waals surface area contributed by atoms with Crippen LogP contribution in [0.4, 0.5) is 5.95 Å². The summed E-state index contributed by atoms with van der Waals surface area (Å²) < 4.78 is 0. The maximum Gasteiger partial charge on any atom is 0.309 e. The maximum atomic E-state index is 11.4. The Hall–Kier alpha value is -1.65. The molecule has 0 aliphatic carbocycles. The molecule has 19 heavy (non-hydrogen) atoms. The summed E-state index contributed by atoms with van der Waals surface area (Å²) in [5, 5.41) is 9.34. The van der Waals surface area contributed by atoms with E-state index >= 15 is 0 Å². The number of hydrogen-bond acceptors (Lipinski definition) is 4. The van der Waals surface area contributed by atoms with E-state index in [9.17, 15) is 9.90 Å². The molecular weight excluding hydrogens is 242 g/mol. The lowest BCUT2D eigenvalue weighted by Gasteiger charge is -2.39. The van der Waals surface area contributed by atoms with Crippen LogP contribution in [-0.2, 0) is 4.79 Å². The second-order valence-corrected chi connectivity index (χ2v) is 5.81. The van der Waals surface area contributed by atoms with E-state index in [4.69, 9.17) is 0 Å². The topological polar surface area (TPSA) is 66.3 Å². The average Bonchev–Trinajstić information content (AvgIpc) is 2.38. The molecule has 0 aromatic carbocycles. The normalized spacial score (nSPS) is 20.4. The molecule has 1 fully saturated rings. The van der Waals surface area contributed by atoms with Crippen molar-refractivity contribution >= 4 is 11.9 Å².